The van der Waals surface area contributed by atoms with Crippen molar-refractivity contribution in [3.63, 3.8) is 0 Å². The number of benzene rings is 1. The number of allylic oxidation sites excluding steroid dienone is 3. The van der Waals surface area contributed by atoms with Crippen LogP contribution in [0.3, 0.4) is 0 Å². The number of nitro groups is 1. The Labute approximate surface area is 202 Å². The summed E-state index contributed by atoms with van der Waals surface area (Å²) in [5, 5.41) is 14.6. The molecule has 3 rings (SSSR count). The molecule has 0 bridgehead atoms. The van der Waals surface area contributed by atoms with Gasteiger partial charge in [-0.1, -0.05) is 17.7 Å². The maximum atomic E-state index is 13.3. The van der Waals surface area contributed by atoms with Gasteiger partial charge in [0.15, 0.2) is 0 Å². The van der Waals surface area contributed by atoms with Gasteiger partial charge in [0.25, 0.3) is 5.69 Å². The van der Waals surface area contributed by atoms with Crippen molar-refractivity contribution in [3.8, 4) is 0 Å². The molecule has 0 spiro atoms. The van der Waals surface area contributed by atoms with E-state index in [1.807, 2.05) is 26.0 Å². The summed E-state index contributed by atoms with van der Waals surface area (Å²) >= 11 is 6.42. The fourth-order valence-corrected chi connectivity index (χ4v) is 4.39. The molecule has 0 saturated heterocycles. The summed E-state index contributed by atoms with van der Waals surface area (Å²) in [5.74, 6) is -2.38. The van der Waals surface area contributed by atoms with E-state index in [4.69, 9.17) is 21.1 Å². The van der Waals surface area contributed by atoms with Gasteiger partial charge in [-0.05, 0) is 45.4 Å². The minimum atomic E-state index is -1.02. The van der Waals surface area contributed by atoms with Gasteiger partial charge in [0.05, 0.1) is 41.2 Å². The zero-order chi connectivity index (χ0) is 25.2. The van der Waals surface area contributed by atoms with Crippen LogP contribution in [0.5, 0.6) is 0 Å². The number of esters is 2. The molecule has 1 aromatic carbocycles. The molecular weight excluding hydrogens is 462 g/mol. The lowest BCUT2D eigenvalue weighted by molar-refractivity contribution is -0.384. The van der Waals surface area contributed by atoms with E-state index in [9.17, 15) is 19.7 Å². The molecule has 0 radical (unpaired) electrons. The highest BCUT2D eigenvalue weighted by Crippen LogP contribution is 2.43. The largest absolute Gasteiger partial charge is 0.466 e. The van der Waals surface area contributed by atoms with Gasteiger partial charge in [-0.3, -0.25) is 15.1 Å². The van der Waals surface area contributed by atoms with Crippen molar-refractivity contribution in [1.82, 2.24) is 5.32 Å². The Morgan fingerprint density at radius 3 is 2.41 bits per heavy atom. The third-order valence-corrected chi connectivity index (χ3v) is 6.19. The standard InChI is InChI=1S/C24H26ClN3O6/c1-13-8-9-24(4,27-13)10-11-34-23(30)20-15(3)26-14(2)19(22(29)33-5)21(20)17-12-16(28(31)32)6-7-18(17)25/h6-9,12,21,26H,10-11H2,1-5H3. The highest BCUT2D eigenvalue weighted by molar-refractivity contribution is 6.31. The van der Waals surface area contributed by atoms with Crippen LogP contribution in [0.1, 0.15) is 45.6 Å². The van der Waals surface area contributed by atoms with Crippen LogP contribution in [-0.4, -0.2) is 41.8 Å². The maximum Gasteiger partial charge on any atom is 0.336 e. The SMILES string of the molecule is COC(=O)C1=C(C)NC(C)=C(C(=O)OCCC2(C)C=CC(C)=N2)C1c1cc([N+](=O)[O-])ccc1Cl. The van der Waals surface area contributed by atoms with Crippen LogP contribution in [-0.2, 0) is 19.1 Å². The molecular formula is C24H26ClN3O6. The Balaban J connectivity index is 2.00. The molecule has 1 aromatic rings. The summed E-state index contributed by atoms with van der Waals surface area (Å²) in [6.45, 7) is 7.24. The number of hydrogen-bond donors (Lipinski definition) is 1. The van der Waals surface area contributed by atoms with Gasteiger partial charge in [-0.15, -0.1) is 0 Å². The number of halogens is 1. The molecule has 1 N–H and O–H groups in total. The highest BCUT2D eigenvalue weighted by Gasteiger charge is 2.39. The zero-order valence-electron chi connectivity index (χ0n) is 19.6. The number of rotatable bonds is 7. The normalized spacial score (nSPS) is 21.8. The van der Waals surface area contributed by atoms with Crippen molar-refractivity contribution in [2.24, 2.45) is 4.99 Å². The number of non-ortho nitro benzene ring substituents is 1. The van der Waals surface area contributed by atoms with E-state index in [0.717, 1.165) is 5.71 Å². The average Bonchev–Trinajstić information content (AvgIpc) is 3.11. The van der Waals surface area contributed by atoms with Gasteiger partial charge < -0.3 is 14.8 Å². The quantitative estimate of drug-likeness (QED) is 0.344. The van der Waals surface area contributed by atoms with E-state index >= 15 is 0 Å². The van der Waals surface area contributed by atoms with E-state index in [1.54, 1.807) is 13.8 Å². The van der Waals surface area contributed by atoms with Crippen molar-refractivity contribution >= 4 is 34.9 Å². The molecule has 180 valence electrons. The van der Waals surface area contributed by atoms with Crippen molar-refractivity contribution in [1.29, 1.82) is 0 Å². The molecule has 2 aliphatic rings. The van der Waals surface area contributed by atoms with Crippen LogP contribution in [0.25, 0.3) is 0 Å². The summed E-state index contributed by atoms with van der Waals surface area (Å²) in [7, 11) is 1.22. The maximum absolute atomic E-state index is 13.3. The van der Waals surface area contributed by atoms with E-state index in [1.165, 1.54) is 25.3 Å². The van der Waals surface area contributed by atoms with Gasteiger partial charge in [-0.2, -0.15) is 0 Å². The van der Waals surface area contributed by atoms with Crippen molar-refractivity contribution in [3.05, 3.63) is 73.6 Å². The summed E-state index contributed by atoms with van der Waals surface area (Å²) in [6.07, 6.45) is 4.33. The highest BCUT2D eigenvalue weighted by atomic mass is 35.5. The minimum Gasteiger partial charge on any atom is -0.466 e. The average molecular weight is 488 g/mol. The fourth-order valence-electron chi connectivity index (χ4n) is 4.17. The van der Waals surface area contributed by atoms with E-state index in [-0.39, 0.29) is 34.0 Å². The number of carbonyl (C=O) groups is 2. The van der Waals surface area contributed by atoms with Crippen LogP contribution < -0.4 is 5.32 Å². The lowest BCUT2D eigenvalue weighted by atomic mass is 9.80. The number of aliphatic imine (C=N–C) groups is 1. The second kappa shape index (κ2) is 9.80. The smallest absolute Gasteiger partial charge is 0.336 e. The first kappa shape index (κ1) is 25.2. The predicted molar refractivity (Wildman–Crippen MR) is 128 cm³/mol. The Morgan fingerprint density at radius 1 is 1.21 bits per heavy atom. The van der Waals surface area contributed by atoms with E-state index < -0.39 is 28.3 Å². The molecule has 0 aliphatic carbocycles. The molecule has 9 nitrogen and oxygen atoms in total. The lowest BCUT2D eigenvalue weighted by Gasteiger charge is -2.30. The van der Waals surface area contributed by atoms with Crippen molar-refractivity contribution < 1.29 is 24.0 Å². The Kier molecular flexibility index (Phi) is 7.26. The molecule has 2 aliphatic heterocycles. The summed E-state index contributed by atoms with van der Waals surface area (Å²) in [5.41, 5.74) is 1.58. The first-order valence-electron chi connectivity index (χ1n) is 10.6. The number of methoxy groups -OCH3 is 1. The van der Waals surface area contributed by atoms with Crippen LogP contribution in [0.15, 0.2) is 57.9 Å². The molecule has 0 amide bonds. The number of carbonyl (C=O) groups excluding carboxylic acids is 2. The van der Waals surface area contributed by atoms with Crippen molar-refractivity contribution in [2.75, 3.05) is 13.7 Å². The number of hydrogen-bond acceptors (Lipinski definition) is 8. The molecule has 0 aromatic heterocycles. The predicted octanol–water partition coefficient (Wildman–Crippen LogP) is 4.38. The molecule has 2 atom stereocenters. The molecule has 0 fully saturated rings. The van der Waals surface area contributed by atoms with E-state index in [2.05, 4.69) is 10.3 Å². The number of nitro benzene ring substituents is 1. The van der Waals surface area contributed by atoms with Crippen LogP contribution in [0.4, 0.5) is 5.69 Å². The Hall–Kier alpha value is -3.46. The fraction of sp³-hybridized carbons (Fsp3) is 0.375. The van der Waals surface area contributed by atoms with Crippen LogP contribution in [0.2, 0.25) is 5.02 Å². The first-order chi connectivity index (χ1) is 16.0. The number of nitrogens with one attached hydrogen (secondary N) is 1. The van der Waals surface area contributed by atoms with Crippen LogP contribution in [0, 0.1) is 10.1 Å². The van der Waals surface area contributed by atoms with Gasteiger partial charge >= 0.3 is 11.9 Å². The lowest BCUT2D eigenvalue weighted by Crippen LogP contribution is -2.33. The molecule has 0 saturated carbocycles. The van der Waals surface area contributed by atoms with Crippen LogP contribution >= 0.6 is 11.6 Å². The van der Waals surface area contributed by atoms with Crippen molar-refractivity contribution in [2.45, 2.75) is 45.6 Å². The third kappa shape index (κ3) is 5.04. The topological polar surface area (TPSA) is 120 Å². The second-order valence-corrected chi connectivity index (χ2v) is 8.83. The molecule has 34 heavy (non-hydrogen) atoms. The molecule has 2 unspecified atom stereocenters. The summed E-state index contributed by atoms with van der Waals surface area (Å²) in [6, 6.07) is 3.89. The van der Waals surface area contributed by atoms with E-state index in [0.29, 0.717) is 17.8 Å². The first-order valence-corrected chi connectivity index (χ1v) is 11.0. The Bertz CT molecular complexity index is 1180. The third-order valence-electron chi connectivity index (χ3n) is 5.84. The van der Waals surface area contributed by atoms with Gasteiger partial charge in [0.2, 0.25) is 0 Å². The second-order valence-electron chi connectivity index (χ2n) is 8.42. The summed E-state index contributed by atoms with van der Waals surface area (Å²) < 4.78 is 10.5. The molecule has 2 heterocycles. The number of dihydropyridines is 1. The summed E-state index contributed by atoms with van der Waals surface area (Å²) in [4.78, 5) is 41.4. The van der Waals surface area contributed by atoms with Gasteiger partial charge in [0, 0.05) is 40.7 Å². The number of nitrogens with zero attached hydrogens (tertiary/aromatic N) is 2. The number of ether oxygens (including phenoxy) is 2. The Morgan fingerprint density at radius 2 is 1.85 bits per heavy atom. The minimum absolute atomic E-state index is 0.0822. The molecule has 10 heteroatoms. The zero-order valence-corrected chi connectivity index (χ0v) is 20.4. The monoisotopic (exact) mass is 487 g/mol. The van der Waals surface area contributed by atoms with Gasteiger partial charge in [-0.25, -0.2) is 9.59 Å². The van der Waals surface area contributed by atoms with Gasteiger partial charge in [0.1, 0.15) is 0 Å².